The van der Waals surface area contributed by atoms with E-state index in [0.717, 1.165) is 0 Å². The first-order valence-electron chi connectivity index (χ1n) is 3.53. The van der Waals surface area contributed by atoms with Gasteiger partial charge in [-0.05, 0) is 0 Å². The molecule has 0 spiro atoms. The molecule has 9 heavy (non-hydrogen) atoms. The second-order valence-corrected chi connectivity index (χ2v) is 2.62. The van der Waals surface area contributed by atoms with Gasteiger partial charge in [0.15, 0.2) is 0 Å². The first-order valence-corrected chi connectivity index (χ1v) is 3.53. The van der Waals surface area contributed by atoms with Crippen LogP contribution in [0.5, 0.6) is 0 Å². The zero-order valence-electron chi connectivity index (χ0n) is 5.43. The van der Waals surface area contributed by atoms with E-state index in [1.807, 2.05) is 0 Å². The molecule has 2 rings (SSSR count). The van der Waals surface area contributed by atoms with E-state index in [-0.39, 0.29) is 0 Å². The van der Waals surface area contributed by atoms with E-state index in [4.69, 9.17) is 0 Å². The van der Waals surface area contributed by atoms with Gasteiger partial charge in [0.05, 0.1) is 0 Å². The van der Waals surface area contributed by atoms with Crippen LogP contribution in [0.2, 0.25) is 6.22 Å². The summed E-state index contributed by atoms with van der Waals surface area (Å²) in [6.45, 7) is 4.37. The Morgan fingerprint density at radius 1 is 1.44 bits per heavy atom. The van der Waals surface area contributed by atoms with Gasteiger partial charge in [-0.3, -0.25) is 0 Å². The summed E-state index contributed by atoms with van der Waals surface area (Å²) in [7, 11) is 2.60. The van der Waals surface area contributed by atoms with Crippen molar-refractivity contribution in [2.24, 2.45) is 0 Å². The minimum absolute atomic E-state index is 1.30. The molecular formula is C5H6B4. The summed E-state index contributed by atoms with van der Waals surface area (Å²) >= 11 is 0. The molecule has 0 aromatic carbocycles. The van der Waals surface area contributed by atoms with Crippen LogP contribution in [-0.4, -0.2) is 28.4 Å². The molecule has 0 saturated heterocycles. The van der Waals surface area contributed by atoms with E-state index in [0.29, 0.717) is 0 Å². The normalized spacial score (nSPS) is 12.9. The molecule has 1 aromatic heterocycles. The maximum atomic E-state index is 2.24. The van der Waals surface area contributed by atoms with Crippen molar-refractivity contribution in [2.45, 2.75) is 6.22 Å². The summed E-state index contributed by atoms with van der Waals surface area (Å²) in [6.07, 6.45) is 1.36. The van der Waals surface area contributed by atoms with Crippen molar-refractivity contribution >= 4 is 39.2 Å². The molecule has 0 fully saturated rings. The summed E-state index contributed by atoms with van der Waals surface area (Å²) in [5.74, 6) is 4.37. The van der Waals surface area contributed by atoms with Crippen molar-refractivity contribution in [3.63, 3.8) is 0 Å². The molecule has 0 amide bonds. The molecule has 1 aromatic rings. The Balaban J connectivity index is 2.54. The van der Waals surface area contributed by atoms with Crippen molar-refractivity contribution in [2.75, 3.05) is 0 Å². The average Bonchev–Trinajstić information content (AvgIpc) is 2.33. The molecule has 0 aliphatic carbocycles. The fourth-order valence-electron chi connectivity index (χ4n) is 1.51. The molecule has 0 N–H and O–H groups in total. The van der Waals surface area contributed by atoms with Gasteiger partial charge < -0.3 is 0 Å². The Kier molecular flexibility index (Phi) is 1.33. The van der Waals surface area contributed by atoms with E-state index >= 15 is 0 Å². The fourth-order valence-corrected chi connectivity index (χ4v) is 1.51. The van der Waals surface area contributed by atoms with Crippen molar-refractivity contribution in [1.82, 2.24) is 0 Å². The van der Waals surface area contributed by atoms with E-state index in [9.17, 15) is 0 Å². The van der Waals surface area contributed by atoms with Gasteiger partial charge >= 0.3 is 57.2 Å². The van der Waals surface area contributed by atoms with Crippen molar-refractivity contribution in [1.29, 1.82) is 0 Å². The fraction of sp³-hybridized carbons (Fsp3) is 0.200. The molecule has 0 radical (unpaired) electrons. The number of hydrogen-bond donors (Lipinski definition) is 0. The maximum absolute atomic E-state index is 2.24. The molecule has 1 aliphatic rings. The van der Waals surface area contributed by atoms with E-state index in [1.165, 1.54) is 20.8 Å². The van der Waals surface area contributed by atoms with Crippen molar-refractivity contribution in [3.8, 4) is 0 Å². The molecule has 1 aliphatic heterocycles. The monoisotopic (exact) mass is 110 g/mol. The standard InChI is InChI=1S/C5H6B4/c1-4-5(8-2-6-1)9-3-7-4/h1-2,7,9H,3H2. The summed E-state index contributed by atoms with van der Waals surface area (Å²) in [6, 6.07) is 0. The predicted molar refractivity (Wildman–Crippen MR) is 47.5 cm³/mol. The molecule has 2 heterocycles. The van der Waals surface area contributed by atoms with E-state index in [2.05, 4.69) is 25.6 Å². The molecule has 0 bridgehead atoms. The third-order valence-corrected chi connectivity index (χ3v) is 2.01. The van der Waals surface area contributed by atoms with Gasteiger partial charge in [0.1, 0.15) is 0 Å². The minimum atomic E-state index is 1.30. The van der Waals surface area contributed by atoms with Crippen LogP contribution in [0.1, 0.15) is 0 Å². The second kappa shape index (κ2) is 2.17. The Bertz CT molecular complexity index is 199. The Labute approximate surface area is 58.0 Å². The molecule has 38 valence electrons. The molecule has 4 heteroatoms. The van der Waals surface area contributed by atoms with Gasteiger partial charge in [-0.2, -0.15) is 0 Å². The van der Waals surface area contributed by atoms with Crippen LogP contribution >= 0.6 is 0 Å². The Hall–Kier alpha value is -0.260. The Morgan fingerprint density at radius 2 is 2.44 bits per heavy atom. The third kappa shape index (κ3) is 0.910. The van der Waals surface area contributed by atoms with Crippen LogP contribution in [0.15, 0.2) is 11.8 Å². The zero-order chi connectivity index (χ0) is 6.10. The van der Waals surface area contributed by atoms with Crippen LogP contribution in [-0.2, 0) is 0 Å². The summed E-state index contributed by atoms with van der Waals surface area (Å²) in [5, 5.41) is 1.57. The molecule has 0 unspecified atom stereocenters. The first-order chi connectivity index (χ1) is 4.47. The number of rotatable bonds is 0. The van der Waals surface area contributed by atoms with Crippen molar-refractivity contribution < 1.29 is 0 Å². The van der Waals surface area contributed by atoms with Crippen LogP contribution in [0.3, 0.4) is 0 Å². The van der Waals surface area contributed by atoms with E-state index in [1.54, 1.807) is 10.8 Å². The SMILES string of the molecule is b1cbc2c(c1)BCB2. The van der Waals surface area contributed by atoms with Gasteiger partial charge in [0.25, 0.3) is 0 Å². The molecule has 0 nitrogen and oxygen atoms in total. The van der Waals surface area contributed by atoms with Crippen LogP contribution in [0.4, 0.5) is 0 Å². The van der Waals surface area contributed by atoms with Gasteiger partial charge in [0.2, 0.25) is 0 Å². The first kappa shape index (κ1) is 5.52. The van der Waals surface area contributed by atoms with Crippen LogP contribution in [0.25, 0.3) is 0 Å². The van der Waals surface area contributed by atoms with Crippen molar-refractivity contribution in [3.05, 3.63) is 11.8 Å². The third-order valence-electron chi connectivity index (χ3n) is 2.01. The van der Waals surface area contributed by atoms with Gasteiger partial charge in [0, 0.05) is 0 Å². The quantitative estimate of drug-likeness (QED) is 0.334. The summed E-state index contributed by atoms with van der Waals surface area (Å²) < 4.78 is 0. The Morgan fingerprint density at radius 3 is 3.33 bits per heavy atom. The average molecular weight is 109 g/mol. The predicted octanol–water partition coefficient (Wildman–Crippen LogP) is -2.12. The molecule has 0 atom stereocenters. The molecule has 0 saturated carbocycles. The van der Waals surface area contributed by atoms with Crippen LogP contribution in [0, 0.1) is 0 Å². The van der Waals surface area contributed by atoms with Gasteiger partial charge in [-0.15, -0.1) is 0 Å². The zero-order valence-corrected chi connectivity index (χ0v) is 5.43. The van der Waals surface area contributed by atoms with Crippen LogP contribution < -0.4 is 10.8 Å². The summed E-state index contributed by atoms with van der Waals surface area (Å²) in [4.78, 5) is 0. The number of hydrogen-bond acceptors (Lipinski definition) is 0. The van der Waals surface area contributed by atoms with Gasteiger partial charge in [-0.25, -0.2) is 0 Å². The van der Waals surface area contributed by atoms with Gasteiger partial charge in [-0.1, -0.05) is 0 Å². The second-order valence-electron chi connectivity index (χ2n) is 2.62. The summed E-state index contributed by atoms with van der Waals surface area (Å²) in [5.41, 5.74) is 1.57. The molecular weight excluding hydrogens is 103 g/mol. The van der Waals surface area contributed by atoms with E-state index < -0.39 is 0 Å². The topological polar surface area (TPSA) is 0 Å². The number of fused-ring (bicyclic) bond motifs is 1.